The van der Waals surface area contributed by atoms with E-state index in [0.717, 1.165) is 23.9 Å². The molecule has 9 heteroatoms. The molecule has 8 nitrogen and oxygen atoms in total. The summed E-state index contributed by atoms with van der Waals surface area (Å²) in [6.45, 7) is 1.78. The number of amides is 2. The molecule has 4 rings (SSSR count). The number of hydrogen-bond acceptors (Lipinski definition) is 5. The maximum absolute atomic E-state index is 12.4. The van der Waals surface area contributed by atoms with E-state index < -0.39 is 29.5 Å². The largest absolute Gasteiger partial charge is 0.279 e. The molecule has 1 aromatic carbocycles. The molecule has 29 heavy (non-hydrogen) atoms. The smallest absolute Gasteiger partial charge is 0.271 e. The number of nitrogens with zero attached hydrogens (tertiary/aromatic N) is 1. The molecule has 0 radical (unpaired) electrons. The van der Waals surface area contributed by atoms with E-state index >= 15 is 0 Å². The molecule has 1 aliphatic carbocycles. The van der Waals surface area contributed by atoms with Crippen molar-refractivity contribution in [3.05, 3.63) is 66.4 Å². The molecule has 0 saturated carbocycles. The van der Waals surface area contributed by atoms with E-state index in [1.54, 1.807) is 18.2 Å². The van der Waals surface area contributed by atoms with Crippen LogP contribution >= 0.6 is 11.3 Å². The Morgan fingerprint density at radius 2 is 1.97 bits per heavy atom. The predicted molar refractivity (Wildman–Crippen MR) is 110 cm³/mol. The molecule has 0 aliphatic heterocycles. The molecule has 2 heterocycles. The van der Waals surface area contributed by atoms with Crippen molar-refractivity contribution in [2.75, 3.05) is 0 Å². The van der Waals surface area contributed by atoms with Crippen LogP contribution in [0, 0.1) is 5.92 Å². The maximum Gasteiger partial charge on any atom is 0.279 e. The van der Waals surface area contributed by atoms with E-state index in [2.05, 4.69) is 22.9 Å². The maximum atomic E-state index is 12.4. The van der Waals surface area contributed by atoms with Crippen molar-refractivity contribution < 1.29 is 9.59 Å². The number of aryl methyl sites for hydroxylation is 1. The molecule has 0 bridgehead atoms. The molecule has 1 atom stereocenters. The zero-order chi connectivity index (χ0) is 20.5. The van der Waals surface area contributed by atoms with Gasteiger partial charge in [-0.2, -0.15) is 0 Å². The van der Waals surface area contributed by atoms with Gasteiger partial charge in [0.05, 0.1) is 15.6 Å². The Kier molecular flexibility index (Phi) is 5.06. The number of hydrogen-bond donors (Lipinski definition) is 3. The summed E-state index contributed by atoms with van der Waals surface area (Å²) in [6.07, 6.45) is 3.05. The van der Waals surface area contributed by atoms with Gasteiger partial charge in [0.2, 0.25) is 0 Å². The summed E-state index contributed by atoms with van der Waals surface area (Å²) in [6, 6.07) is 8.26. The molecule has 1 unspecified atom stereocenters. The summed E-state index contributed by atoms with van der Waals surface area (Å²) in [5, 5.41) is 2.87. The predicted octanol–water partition coefficient (Wildman–Crippen LogP) is 1.34. The third-order valence-electron chi connectivity index (χ3n) is 5.05. The van der Waals surface area contributed by atoms with Gasteiger partial charge in [-0.15, -0.1) is 11.3 Å². The Hall–Kier alpha value is -3.20. The van der Waals surface area contributed by atoms with Gasteiger partial charge in [-0.3, -0.25) is 35.1 Å². The van der Waals surface area contributed by atoms with E-state index in [9.17, 15) is 19.2 Å². The molecular weight excluding hydrogens is 392 g/mol. The minimum atomic E-state index is -0.624. The summed E-state index contributed by atoms with van der Waals surface area (Å²) < 4.78 is 0.928. The molecule has 3 aromatic rings. The standard InChI is InChI=1S/C20H20N4O4S/c1-11-6-7-15-12(8-11)9-16(29-15)19(27)22-21-17(25)10-24-20(28)14-5-3-2-4-13(14)18(26)23-24/h2-5,9,11H,6-8,10H2,1H3,(H,21,25)(H,22,27)(H,23,26). The Morgan fingerprint density at radius 1 is 1.21 bits per heavy atom. The zero-order valence-corrected chi connectivity index (χ0v) is 16.6. The fraction of sp³-hybridized carbons (Fsp3) is 0.300. The molecule has 2 amide bonds. The first kappa shape index (κ1) is 19.1. The number of carbonyl (C=O) groups excluding carboxylic acids is 2. The zero-order valence-electron chi connectivity index (χ0n) is 15.8. The number of aromatic nitrogens is 2. The second-order valence-corrected chi connectivity index (χ2v) is 8.42. The monoisotopic (exact) mass is 412 g/mol. The van der Waals surface area contributed by atoms with Crippen molar-refractivity contribution in [1.29, 1.82) is 0 Å². The highest BCUT2D eigenvalue weighted by Crippen LogP contribution is 2.32. The van der Waals surface area contributed by atoms with E-state index in [0.29, 0.717) is 10.8 Å². The molecule has 3 N–H and O–H groups in total. The van der Waals surface area contributed by atoms with Crippen LogP contribution in [0.25, 0.3) is 10.8 Å². The van der Waals surface area contributed by atoms with Crippen LogP contribution < -0.4 is 22.0 Å². The number of benzene rings is 1. The van der Waals surface area contributed by atoms with E-state index in [4.69, 9.17) is 0 Å². The average molecular weight is 412 g/mol. The van der Waals surface area contributed by atoms with Gasteiger partial charge in [0.15, 0.2) is 0 Å². The topological polar surface area (TPSA) is 113 Å². The number of thiophene rings is 1. The van der Waals surface area contributed by atoms with Crippen molar-refractivity contribution in [3.8, 4) is 0 Å². The van der Waals surface area contributed by atoms with E-state index in [1.165, 1.54) is 27.8 Å². The lowest BCUT2D eigenvalue weighted by molar-refractivity contribution is -0.122. The molecule has 0 fully saturated rings. The summed E-state index contributed by atoms with van der Waals surface area (Å²) in [7, 11) is 0. The van der Waals surface area contributed by atoms with Crippen LogP contribution in [0.5, 0.6) is 0 Å². The molecule has 0 saturated heterocycles. The van der Waals surface area contributed by atoms with Gasteiger partial charge in [-0.25, -0.2) is 4.68 Å². The van der Waals surface area contributed by atoms with Gasteiger partial charge in [0, 0.05) is 4.88 Å². The number of aromatic amines is 1. The number of hydrazine groups is 1. The number of nitrogens with one attached hydrogen (secondary N) is 3. The van der Waals surface area contributed by atoms with Crippen LogP contribution in [-0.4, -0.2) is 21.6 Å². The van der Waals surface area contributed by atoms with E-state index in [-0.39, 0.29) is 10.8 Å². The van der Waals surface area contributed by atoms with Gasteiger partial charge in [-0.05, 0) is 48.9 Å². The first-order valence-corrected chi connectivity index (χ1v) is 10.2. The van der Waals surface area contributed by atoms with Crippen LogP contribution in [0.15, 0.2) is 39.9 Å². The lowest BCUT2D eigenvalue weighted by Crippen LogP contribution is -2.45. The van der Waals surface area contributed by atoms with Gasteiger partial charge < -0.3 is 0 Å². The van der Waals surface area contributed by atoms with Crippen LogP contribution in [0.1, 0.15) is 33.5 Å². The molecule has 0 spiro atoms. The second kappa shape index (κ2) is 7.67. The van der Waals surface area contributed by atoms with Crippen LogP contribution in [0.2, 0.25) is 0 Å². The van der Waals surface area contributed by atoms with Crippen LogP contribution in [0.4, 0.5) is 0 Å². The summed E-state index contributed by atoms with van der Waals surface area (Å²) in [5.41, 5.74) is 4.93. The summed E-state index contributed by atoms with van der Waals surface area (Å²) in [5.74, 6) is -0.416. The summed E-state index contributed by atoms with van der Waals surface area (Å²) >= 11 is 1.44. The lowest BCUT2D eigenvalue weighted by atomic mass is 9.90. The Balaban J connectivity index is 1.43. The second-order valence-electron chi connectivity index (χ2n) is 7.29. The van der Waals surface area contributed by atoms with Crippen molar-refractivity contribution in [1.82, 2.24) is 20.6 Å². The number of rotatable bonds is 3. The van der Waals surface area contributed by atoms with Gasteiger partial charge >= 0.3 is 0 Å². The third kappa shape index (κ3) is 3.86. The Bertz CT molecular complexity index is 1220. The minimum absolute atomic E-state index is 0.228. The highest BCUT2D eigenvalue weighted by Gasteiger charge is 2.21. The lowest BCUT2D eigenvalue weighted by Gasteiger charge is -2.16. The number of fused-ring (bicyclic) bond motifs is 2. The Morgan fingerprint density at radius 3 is 2.76 bits per heavy atom. The highest BCUT2D eigenvalue weighted by atomic mass is 32.1. The van der Waals surface area contributed by atoms with E-state index in [1.807, 2.05) is 6.07 Å². The minimum Gasteiger partial charge on any atom is -0.271 e. The quantitative estimate of drug-likeness (QED) is 0.564. The van der Waals surface area contributed by atoms with Crippen molar-refractivity contribution in [3.63, 3.8) is 0 Å². The molecule has 1 aliphatic rings. The fourth-order valence-corrected chi connectivity index (χ4v) is 4.65. The average Bonchev–Trinajstić information content (AvgIpc) is 3.13. The fourth-order valence-electron chi connectivity index (χ4n) is 3.55. The number of carbonyl (C=O) groups is 2. The van der Waals surface area contributed by atoms with Crippen molar-refractivity contribution in [2.45, 2.75) is 32.7 Å². The SMILES string of the molecule is CC1CCc2sc(C(=O)NNC(=O)Cn3[nH]c(=O)c4ccccc4c3=O)cc2C1. The van der Waals surface area contributed by atoms with Gasteiger partial charge in [-0.1, -0.05) is 19.1 Å². The van der Waals surface area contributed by atoms with Gasteiger partial charge in [0.25, 0.3) is 22.9 Å². The van der Waals surface area contributed by atoms with Crippen LogP contribution in [0.3, 0.4) is 0 Å². The van der Waals surface area contributed by atoms with Crippen LogP contribution in [-0.2, 0) is 24.2 Å². The first-order valence-electron chi connectivity index (χ1n) is 9.35. The van der Waals surface area contributed by atoms with Gasteiger partial charge in [0.1, 0.15) is 6.54 Å². The van der Waals surface area contributed by atoms with Crippen molar-refractivity contribution >= 4 is 33.9 Å². The van der Waals surface area contributed by atoms with Crippen molar-refractivity contribution in [2.24, 2.45) is 5.92 Å². The molecule has 150 valence electrons. The normalized spacial score (nSPS) is 15.7. The number of H-pyrrole nitrogens is 1. The summed E-state index contributed by atoms with van der Waals surface area (Å²) in [4.78, 5) is 50.8. The Labute approximate surface area is 169 Å². The third-order valence-corrected chi connectivity index (χ3v) is 6.29. The molecular formula is C20H20N4O4S. The first-order chi connectivity index (χ1) is 13.9. The highest BCUT2D eigenvalue weighted by molar-refractivity contribution is 7.14. The molecule has 2 aromatic heterocycles.